The van der Waals surface area contributed by atoms with Crippen LogP contribution in [0.2, 0.25) is 15.1 Å². The van der Waals surface area contributed by atoms with Crippen LogP contribution < -0.4 is 21.4 Å². The smallest absolute Gasteiger partial charge is 0.310 e. The van der Waals surface area contributed by atoms with Gasteiger partial charge in [0.2, 0.25) is 10.0 Å². The van der Waals surface area contributed by atoms with Crippen molar-refractivity contribution in [2.45, 2.75) is 30.3 Å². The molecule has 4 N–H and O–H groups in total. The molecule has 178 valence electrons. The molecule has 3 aromatic rings. The SMILES string of the molecule is Cc1[nH]c(=O)[nH]c(=O)c1S(=O)(=O)NC(C1=NNC(c2ccc(Cl)cc2)C1)c1ccc(Cl)cc1Cl. The number of benzene rings is 2. The first-order valence-corrected chi connectivity index (χ1v) is 12.5. The van der Waals surface area contributed by atoms with E-state index in [-0.39, 0.29) is 16.8 Å². The van der Waals surface area contributed by atoms with Gasteiger partial charge in [-0.15, -0.1) is 0 Å². The Labute approximate surface area is 209 Å². The quantitative estimate of drug-likeness (QED) is 0.378. The van der Waals surface area contributed by atoms with E-state index in [1.54, 1.807) is 24.3 Å². The second kappa shape index (κ2) is 9.55. The van der Waals surface area contributed by atoms with Crippen LogP contribution in [0.3, 0.4) is 0 Å². The average molecular weight is 543 g/mol. The molecule has 34 heavy (non-hydrogen) atoms. The lowest BCUT2D eigenvalue weighted by atomic mass is 9.96. The van der Waals surface area contributed by atoms with E-state index in [2.05, 4.69) is 20.2 Å². The van der Waals surface area contributed by atoms with Gasteiger partial charge in [0.15, 0.2) is 4.90 Å². The third-order valence-corrected chi connectivity index (χ3v) is 7.66. The summed E-state index contributed by atoms with van der Waals surface area (Å²) in [6.07, 6.45) is 0.342. The number of hydrogen-bond donors (Lipinski definition) is 4. The van der Waals surface area contributed by atoms with Crippen molar-refractivity contribution in [2.75, 3.05) is 0 Å². The number of nitrogens with zero attached hydrogens (tertiary/aromatic N) is 1. The van der Waals surface area contributed by atoms with Gasteiger partial charge in [0.1, 0.15) is 0 Å². The number of halogens is 3. The first-order chi connectivity index (χ1) is 16.0. The van der Waals surface area contributed by atoms with Crippen LogP contribution in [0.1, 0.15) is 35.3 Å². The van der Waals surface area contributed by atoms with E-state index in [1.807, 2.05) is 17.1 Å². The lowest BCUT2D eigenvalue weighted by Gasteiger charge is -2.21. The van der Waals surface area contributed by atoms with E-state index < -0.39 is 32.2 Å². The summed E-state index contributed by atoms with van der Waals surface area (Å²) >= 11 is 18.4. The predicted molar refractivity (Wildman–Crippen MR) is 131 cm³/mol. The number of hydrogen-bond acceptors (Lipinski definition) is 6. The van der Waals surface area contributed by atoms with Crippen LogP contribution >= 0.6 is 34.8 Å². The van der Waals surface area contributed by atoms with E-state index in [0.29, 0.717) is 27.7 Å². The Morgan fingerprint density at radius 1 is 1.03 bits per heavy atom. The van der Waals surface area contributed by atoms with Gasteiger partial charge in [-0.3, -0.25) is 9.78 Å². The molecule has 9 nitrogen and oxygen atoms in total. The fraction of sp³-hybridized carbons (Fsp3) is 0.190. The van der Waals surface area contributed by atoms with Crippen LogP contribution in [0.15, 0.2) is 62.1 Å². The highest BCUT2D eigenvalue weighted by Crippen LogP contribution is 2.33. The second-order valence-corrected chi connectivity index (χ2v) is 10.6. The first kappa shape index (κ1) is 24.5. The number of sulfonamides is 1. The monoisotopic (exact) mass is 541 g/mol. The van der Waals surface area contributed by atoms with E-state index in [1.165, 1.54) is 13.0 Å². The van der Waals surface area contributed by atoms with Crippen LogP contribution in [0.25, 0.3) is 0 Å². The lowest BCUT2D eigenvalue weighted by Crippen LogP contribution is -2.39. The van der Waals surface area contributed by atoms with Crippen molar-refractivity contribution < 1.29 is 8.42 Å². The van der Waals surface area contributed by atoms with Gasteiger partial charge in [0.05, 0.1) is 17.8 Å². The summed E-state index contributed by atoms with van der Waals surface area (Å²) in [5, 5.41) is 5.53. The number of rotatable bonds is 6. The molecule has 0 saturated heterocycles. The molecule has 2 aromatic carbocycles. The fourth-order valence-corrected chi connectivity index (χ4v) is 5.79. The van der Waals surface area contributed by atoms with Gasteiger partial charge in [0, 0.05) is 27.2 Å². The van der Waals surface area contributed by atoms with Gasteiger partial charge in [-0.1, -0.05) is 53.0 Å². The summed E-state index contributed by atoms with van der Waals surface area (Å²) in [7, 11) is -4.42. The van der Waals surface area contributed by atoms with Crippen LogP contribution in [-0.4, -0.2) is 24.1 Å². The standard InChI is InChI=1S/C21H18Cl3N5O4S/c1-10-19(20(30)26-21(31)25-10)34(32,33)29-18(14-7-6-13(23)8-15(14)24)17-9-16(27-28-17)11-2-4-12(22)5-3-11/h2-8,16,18,27,29H,9H2,1H3,(H2,25,26,30,31). The number of aromatic nitrogens is 2. The van der Waals surface area contributed by atoms with Crippen molar-refractivity contribution >= 4 is 50.5 Å². The summed E-state index contributed by atoms with van der Waals surface area (Å²) in [6, 6.07) is 10.6. The maximum Gasteiger partial charge on any atom is 0.325 e. The minimum Gasteiger partial charge on any atom is -0.310 e. The van der Waals surface area contributed by atoms with Gasteiger partial charge in [-0.25, -0.2) is 13.2 Å². The van der Waals surface area contributed by atoms with Gasteiger partial charge in [0.25, 0.3) is 5.56 Å². The summed E-state index contributed by atoms with van der Waals surface area (Å²) < 4.78 is 29.1. The molecule has 4 rings (SSSR count). The van der Waals surface area contributed by atoms with Crippen molar-refractivity contribution in [3.63, 3.8) is 0 Å². The van der Waals surface area contributed by atoms with Crippen molar-refractivity contribution in [3.8, 4) is 0 Å². The third-order valence-electron chi connectivity index (χ3n) is 5.27. The summed E-state index contributed by atoms with van der Waals surface area (Å²) in [4.78, 5) is 27.5. The maximum absolute atomic E-state index is 13.3. The lowest BCUT2D eigenvalue weighted by molar-refractivity contribution is 0.573. The Kier molecular flexibility index (Phi) is 6.88. The number of aryl methyl sites for hydroxylation is 1. The maximum atomic E-state index is 13.3. The number of nitrogens with one attached hydrogen (secondary N) is 4. The largest absolute Gasteiger partial charge is 0.325 e. The number of H-pyrrole nitrogens is 2. The Hall–Kier alpha value is -2.63. The summed E-state index contributed by atoms with van der Waals surface area (Å²) in [5.74, 6) is 0. The molecule has 0 spiro atoms. The Bertz CT molecular complexity index is 1500. The minimum atomic E-state index is -4.42. The van der Waals surface area contributed by atoms with Crippen LogP contribution in [-0.2, 0) is 10.0 Å². The van der Waals surface area contributed by atoms with E-state index in [0.717, 1.165) is 5.56 Å². The second-order valence-electron chi connectivity index (χ2n) is 7.62. The highest BCUT2D eigenvalue weighted by molar-refractivity contribution is 7.89. The molecular weight excluding hydrogens is 525 g/mol. The van der Waals surface area contributed by atoms with E-state index in [9.17, 15) is 18.0 Å². The zero-order chi connectivity index (χ0) is 24.6. The molecule has 2 unspecified atom stereocenters. The van der Waals surface area contributed by atoms with Crippen LogP contribution in [0.4, 0.5) is 0 Å². The highest BCUT2D eigenvalue weighted by atomic mass is 35.5. The molecule has 2 heterocycles. The number of hydrazone groups is 1. The molecule has 0 amide bonds. The molecular formula is C21H18Cl3N5O4S. The highest BCUT2D eigenvalue weighted by Gasteiger charge is 2.34. The van der Waals surface area contributed by atoms with Crippen LogP contribution in [0, 0.1) is 6.92 Å². The van der Waals surface area contributed by atoms with Gasteiger partial charge in [-0.2, -0.15) is 9.82 Å². The molecule has 0 radical (unpaired) electrons. The Morgan fingerprint density at radius 2 is 1.71 bits per heavy atom. The molecule has 0 fully saturated rings. The topological polar surface area (TPSA) is 136 Å². The first-order valence-electron chi connectivity index (χ1n) is 9.93. The van der Waals surface area contributed by atoms with Crippen LogP contribution in [0.5, 0.6) is 0 Å². The third kappa shape index (κ3) is 5.06. The van der Waals surface area contributed by atoms with Crippen molar-refractivity contribution in [1.82, 2.24) is 20.1 Å². The molecule has 0 saturated carbocycles. The normalized spacial score (nSPS) is 16.7. The Balaban J connectivity index is 1.73. The molecule has 0 bridgehead atoms. The van der Waals surface area contributed by atoms with Gasteiger partial charge < -0.3 is 10.4 Å². The van der Waals surface area contributed by atoms with E-state index >= 15 is 0 Å². The molecule has 0 aliphatic carbocycles. The molecule has 1 aromatic heterocycles. The molecule has 1 aliphatic heterocycles. The van der Waals surface area contributed by atoms with Gasteiger partial charge >= 0.3 is 5.69 Å². The van der Waals surface area contributed by atoms with Crippen molar-refractivity contribution in [3.05, 3.63) is 95.2 Å². The zero-order valence-electron chi connectivity index (χ0n) is 17.5. The van der Waals surface area contributed by atoms with Gasteiger partial charge in [-0.05, 0) is 42.3 Å². The minimum absolute atomic E-state index is 0.104. The van der Waals surface area contributed by atoms with Crippen molar-refractivity contribution in [2.24, 2.45) is 5.10 Å². The predicted octanol–water partition coefficient (Wildman–Crippen LogP) is 3.44. The number of aromatic amines is 2. The van der Waals surface area contributed by atoms with E-state index in [4.69, 9.17) is 34.8 Å². The zero-order valence-corrected chi connectivity index (χ0v) is 20.6. The fourth-order valence-electron chi connectivity index (χ4n) is 3.70. The van der Waals surface area contributed by atoms with Crippen molar-refractivity contribution in [1.29, 1.82) is 0 Å². The molecule has 13 heteroatoms. The molecule has 2 atom stereocenters. The average Bonchev–Trinajstić information content (AvgIpc) is 3.22. The Morgan fingerprint density at radius 3 is 2.35 bits per heavy atom. The summed E-state index contributed by atoms with van der Waals surface area (Å²) in [5.41, 5.74) is 2.78. The molecule has 1 aliphatic rings. The summed E-state index contributed by atoms with van der Waals surface area (Å²) in [6.45, 7) is 1.32.